The van der Waals surface area contributed by atoms with Gasteiger partial charge in [0.15, 0.2) is 0 Å². The van der Waals surface area contributed by atoms with E-state index in [4.69, 9.17) is 4.89 Å². The van der Waals surface area contributed by atoms with Gasteiger partial charge in [-0.05, 0) is 51.3 Å². The highest BCUT2D eigenvalue weighted by Crippen LogP contribution is 2.50. The lowest BCUT2D eigenvalue weighted by Crippen LogP contribution is -2.16. The minimum atomic E-state index is -5.06. The van der Waals surface area contributed by atoms with E-state index < -0.39 is 20.1 Å². The van der Waals surface area contributed by atoms with Crippen molar-refractivity contribution in [3.63, 3.8) is 0 Å². The molecule has 154 valence electrons. The monoisotopic (exact) mass is 506 g/mol. The smallest absolute Gasteiger partial charge is 0.420 e. The third kappa shape index (κ3) is 7.27. The van der Waals surface area contributed by atoms with Crippen molar-refractivity contribution in [2.45, 2.75) is 24.0 Å². The Hall–Kier alpha value is -1.29. The molecule has 0 aliphatic heterocycles. The van der Waals surface area contributed by atoms with Crippen molar-refractivity contribution >= 4 is 35.3 Å². The molecule has 1 atom stereocenters. The average molecular weight is 507 g/mol. The molecule has 2 aromatic rings. The Bertz CT molecular complexity index is 848. The van der Waals surface area contributed by atoms with Crippen LogP contribution in [0.2, 0.25) is 0 Å². The van der Waals surface area contributed by atoms with Crippen LogP contribution in [-0.4, -0.2) is 17.4 Å². The highest BCUT2D eigenvalue weighted by molar-refractivity contribution is 9.10. The van der Waals surface area contributed by atoms with Gasteiger partial charge in [-0.1, -0.05) is 18.2 Å². The second-order valence-corrected chi connectivity index (χ2v) is 8.92. The molecule has 12 heteroatoms. The SMILES string of the molecule is O=P(O)(Oc1ccc(CSCc2ccc(OC(F)(F)F)cc2)cc1Br)C(F)F. The number of thioether (sulfide) groups is 1. The zero-order valence-corrected chi connectivity index (χ0v) is 17.1. The molecular weight excluding hydrogens is 494 g/mol. The molecule has 0 amide bonds. The Balaban J connectivity index is 1.89. The predicted octanol–water partition coefficient (Wildman–Crippen LogP) is 6.57. The minimum absolute atomic E-state index is 0.180. The van der Waals surface area contributed by atoms with Crippen LogP contribution < -0.4 is 9.26 Å². The number of halogens is 6. The molecule has 0 aliphatic carbocycles. The van der Waals surface area contributed by atoms with Gasteiger partial charge >= 0.3 is 20.1 Å². The van der Waals surface area contributed by atoms with E-state index in [9.17, 15) is 26.5 Å². The van der Waals surface area contributed by atoms with Crippen molar-refractivity contribution in [3.8, 4) is 11.5 Å². The van der Waals surface area contributed by atoms with Crippen LogP contribution in [0.5, 0.6) is 11.5 Å². The summed E-state index contributed by atoms with van der Waals surface area (Å²) in [4.78, 5) is 9.08. The van der Waals surface area contributed by atoms with Crippen LogP contribution in [-0.2, 0) is 16.1 Å². The first-order chi connectivity index (χ1) is 13.0. The Morgan fingerprint density at radius 3 is 2.18 bits per heavy atom. The van der Waals surface area contributed by atoms with Crippen LogP contribution >= 0.6 is 35.3 Å². The molecule has 0 bridgehead atoms. The third-order valence-electron chi connectivity index (χ3n) is 3.17. The van der Waals surface area contributed by atoms with E-state index in [2.05, 4.69) is 25.2 Å². The molecule has 28 heavy (non-hydrogen) atoms. The summed E-state index contributed by atoms with van der Waals surface area (Å²) < 4.78 is 81.0. The standard InChI is InChI=1S/C16H13BrF5O4PS/c17-13-7-11(3-6-14(13)26-27(23,24)15(18)19)9-28-8-10-1-4-12(5-2-10)25-16(20,21)22/h1-7,15H,8-9H2,(H,23,24). The van der Waals surface area contributed by atoms with E-state index in [1.54, 1.807) is 12.1 Å². The third-order valence-corrected chi connectivity index (χ3v) is 5.81. The van der Waals surface area contributed by atoms with Crippen LogP contribution in [0.25, 0.3) is 0 Å². The van der Waals surface area contributed by atoms with Crippen molar-refractivity contribution in [2.75, 3.05) is 0 Å². The molecule has 0 aromatic heterocycles. The zero-order valence-electron chi connectivity index (χ0n) is 13.8. The Kier molecular flexibility index (Phi) is 7.78. The maximum Gasteiger partial charge on any atom is 0.573 e. The van der Waals surface area contributed by atoms with Crippen molar-refractivity contribution in [3.05, 3.63) is 58.1 Å². The average Bonchev–Trinajstić information content (AvgIpc) is 2.57. The first kappa shape index (κ1) is 23.0. The van der Waals surface area contributed by atoms with Gasteiger partial charge in [0.05, 0.1) is 4.47 Å². The summed E-state index contributed by atoms with van der Waals surface area (Å²) in [6, 6.07) is 9.90. The Labute approximate surface area is 169 Å². The van der Waals surface area contributed by atoms with Crippen LogP contribution in [0.4, 0.5) is 22.0 Å². The summed E-state index contributed by atoms with van der Waals surface area (Å²) in [5, 5.41) is 0. The largest absolute Gasteiger partial charge is 0.573 e. The molecule has 2 rings (SSSR count). The molecule has 0 spiro atoms. The van der Waals surface area contributed by atoms with Crippen LogP contribution in [0.3, 0.4) is 0 Å². The lowest BCUT2D eigenvalue weighted by Gasteiger charge is -2.14. The van der Waals surface area contributed by atoms with E-state index in [-0.39, 0.29) is 16.0 Å². The highest BCUT2D eigenvalue weighted by Gasteiger charge is 2.34. The molecule has 0 aliphatic rings. The lowest BCUT2D eigenvalue weighted by molar-refractivity contribution is -0.274. The van der Waals surface area contributed by atoms with Gasteiger partial charge in [0.2, 0.25) is 0 Å². The number of benzene rings is 2. The molecule has 1 N–H and O–H groups in total. The molecular formula is C16H13BrF5O4PS. The lowest BCUT2D eigenvalue weighted by atomic mass is 10.2. The highest BCUT2D eigenvalue weighted by atomic mass is 79.9. The quantitative estimate of drug-likeness (QED) is 0.324. The molecule has 0 saturated carbocycles. The van der Waals surface area contributed by atoms with Crippen molar-refractivity contribution < 1.29 is 40.7 Å². The molecule has 4 nitrogen and oxygen atoms in total. The van der Waals surface area contributed by atoms with Gasteiger partial charge in [-0.3, -0.25) is 0 Å². The fraction of sp³-hybridized carbons (Fsp3) is 0.250. The summed E-state index contributed by atoms with van der Waals surface area (Å²) in [6.45, 7) is 0. The Morgan fingerprint density at radius 2 is 1.64 bits per heavy atom. The van der Waals surface area contributed by atoms with Gasteiger partial charge in [0.1, 0.15) is 11.5 Å². The maximum atomic E-state index is 12.4. The fourth-order valence-corrected chi connectivity index (χ4v) is 4.06. The molecule has 0 heterocycles. The van der Waals surface area contributed by atoms with Gasteiger partial charge in [-0.15, -0.1) is 13.2 Å². The summed E-state index contributed by atoms with van der Waals surface area (Å²) in [5.41, 5.74) is 1.57. The summed E-state index contributed by atoms with van der Waals surface area (Å²) in [7, 11) is -5.06. The normalized spacial score (nSPS) is 14.0. The zero-order chi connectivity index (χ0) is 20.9. The van der Waals surface area contributed by atoms with E-state index in [0.29, 0.717) is 11.5 Å². The number of hydrogen-bond donors (Lipinski definition) is 1. The molecule has 0 radical (unpaired) electrons. The van der Waals surface area contributed by atoms with Crippen LogP contribution in [0.15, 0.2) is 46.9 Å². The number of rotatable bonds is 8. The summed E-state index contributed by atoms with van der Waals surface area (Å²) >= 11 is 4.56. The topological polar surface area (TPSA) is 55.8 Å². The Morgan fingerprint density at radius 1 is 1.07 bits per heavy atom. The second kappa shape index (κ2) is 9.47. The van der Waals surface area contributed by atoms with Gasteiger partial charge in [-0.2, -0.15) is 20.5 Å². The van der Waals surface area contributed by atoms with Crippen LogP contribution in [0, 0.1) is 0 Å². The van der Waals surface area contributed by atoms with Crippen molar-refractivity contribution in [1.29, 1.82) is 0 Å². The van der Waals surface area contributed by atoms with E-state index in [1.165, 1.54) is 42.1 Å². The number of hydrogen-bond acceptors (Lipinski definition) is 4. The fourth-order valence-electron chi connectivity index (χ4n) is 1.96. The van der Waals surface area contributed by atoms with Crippen molar-refractivity contribution in [2.24, 2.45) is 0 Å². The van der Waals surface area contributed by atoms with Gasteiger partial charge in [0.25, 0.3) is 0 Å². The summed E-state index contributed by atoms with van der Waals surface area (Å²) in [6.07, 6.45) is -8.25. The van der Waals surface area contributed by atoms with Crippen molar-refractivity contribution in [1.82, 2.24) is 0 Å². The molecule has 2 aromatic carbocycles. The van der Waals surface area contributed by atoms with Gasteiger partial charge < -0.3 is 14.2 Å². The molecule has 0 fully saturated rings. The predicted molar refractivity (Wildman–Crippen MR) is 98.7 cm³/mol. The number of alkyl halides is 5. The van der Waals surface area contributed by atoms with E-state index in [0.717, 1.165) is 11.1 Å². The van der Waals surface area contributed by atoms with Crippen LogP contribution in [0.1, 0.15) is 11.1 Å². The van der Waals surface area contributed by atoms with Gasteiger partial charge in [0, 0.05) is 11.5 Å². The van der Waals surface area contributed by atoms with Gasteiger partial charge in [-0.25, -0.2) is 4.57 Å². The molecule has 1 unspecified atom stereocenters. The first-order valence-electron chi connectivity index (χ1n) is 7.47. The second-order valence-electron chi connectivity index (χ2n) is 5.38. The first-order valence-corrected chi connectivity index (χ1v) is 11.1. The molecule has 0 saturated heterocycles. The number of ether oxygens (including phenoxy) is 1. The minimum Gasteiger partial charge on any atom is -0.420 e. The maximum absolute atomic E-state index is 12.4. The van der Waals surface area contributed by atoms with E-state index in [1.807, 2.05) is 0 Å². The summed E-state index contributed by atoms with van der Waals surface area (Å²) in [5.74, 6) is 0.538. The van der Waals surface area contributed by atoms with E-state index >= 15 is 0 Å².